The number of Topliss-reactive ketones (excluding diaryl/α,β-unsaturated/α-hetero) is 1. The second-order valence-electron chi connectivity index (χ2n) is 3.58. The molecule has 90 valence electrons. The number of hydrogen-bond acceptors (Lipinski definition) is 3. The Labute approximate surface area is 97.7 Å². The Balaban J connectivity index is 3.26. The number of carboxylic acids is 2. The molecule has 2 N–H and O–H groups in total. The molecule has 0 atom stereocenters. The molecular formula is C12H12O5. The van der Waals surface area contributed by atoms with Crippen molar-refractivity contribution in [2.75, 3.05) is 0 Å². The molecule has 17 heavy (non-hydrogen) atoms. The first-order chi connectivity index (χ1) is 7.95. The third kappa shape index (κ3) is 3.14. The normalized spacial score (nSPS) is 9.94. The lowest BCUT2D eigenvalue weighted by atomic mass is 10.0. The van der Waals surface area contributed by atoms with Gasteiger partial charge in [0.1, 0.15) is 0 Å². The van der Waals surface area contributed by atoms with Crippen LogP contribution < -0.4 is 0 Å². The second kappa shape index (κ2) is 5.25. The molecule has 0 aliphatic carbocycles. The highest BCUT2D eigenvalue weighted by molar-refractivity contribution is 6.02. The molecule has 0 fully saturated rings. The summed E-state index contributed by atoms with van der Waals surface area (Å²) in [5.74, 6) is -2.75. The van der Waals surface area contributed by atoms with E-state index < -0.39 is 11.9 Å². The SMILES string of the molecule is CCCC(=O)c1cc(C(=O)O)cc(C(=O)O)c1. The Kier molecular flexibility index (Phi) is 3.98. The Morgan fingerprint density at radius 3 is 1.71 bits per heavy atom. The van der Waals surface area contributed by atoms with Crippen LogP contribution in [-0.2, 0) is 0 Å². The monoisotopic (exact) mass is 236 g/mol. The van der Waals surface area contributed by atoms with Crippen molar-refractivity contribution >= 4 is 17.7 Å². The quantitative estimate of drug-likeness (QED) is 0.763. The lowest BCUT2D eigenvalue weighted by Gasteiger charge is -2.04. The van der Waals surface area contributed by atoms with E-state index in [1.54, 1.807) is 0 Å². The highest BCUT2D eigenvalue weighted by Crippen LogP contribution is 2.13. The molecule has 0 saturated carbocycles. The van der Waals surface area contributed by atoms with Crippen molar-refractivity contribution in [2.45, 2.75) is 19.8 Å². The molecular weight excluding hydrogens is 224 g/mol. The summed E-state index contributed by atoms with van der Waals surface area (Å²) in [7, 11) is 0. The summed E-state index contributed by atoms with van der Waals surface area (Å²) in [5.41, 5.74) is -0.252. The summed E-state index contributed by atoms with van der Waals surface area (Å²) >= 11 is 0. The first-order valence-corrected chi connectivity index (χ1v) is 5.10. The van der Waals surface area contributed by atoms with Crippen molar-refractivity contribution in [3.8, 4) is 0 Å². The molecule has 1 aromatic carbocycles. The van der Waals surface area contributed by atoms with E-state index in [2.05, 4.69) is 0 Å². The van der Waals surface area contributed by atoms with Gasteiger partial charge < -0.3 is 10.2 Å². The first kappa shape index (κ1) is 12.9. The Morgan fingerprint density at radius 2 is 1.35 bits per heavy atom. The van der Waals surface area contributed by atoms with Crippen LogP contribution in [0.3, 0.4) is 0 Å². The standard InChI is InChI=1S/C12H12O5/c1-2-3-10(13)7-4-8(11(14)15)6-9(5-7)12(16)17/h4-6H,2-3H2,1H3,(H,14,15)(H,16,17). The van der Waals surface area contributed by atoms with Crippen molar-refractivity contribution in [1.82, 2.24) is 0 Å². The zero-order valence-corrected chi connectivity index (χ0v) is 9.27. The Bertz CT molecular complexity index is 444. The van der Waals surface area contributed by atoms with E-state index in [0.717, 1.165) is 6.07 Å². The van der Waals surface area contributed by atoms with Crippen molar-refractivity contribution in [1.29, 1.82) is 0 Å². The van der Waals surface area contributed by atoms with Crippen LogP contribution in [0.4, 0.5) is 0 Å². The summed E-state index contributed by atoms with van der Waals surface area (Å²) in [6.07, 6.45) is 0.890. The van der Waals surface area contributed by atoms with Crippen LogP contribution in [0.2, 0.25) is 0 Å². The van der Waals surface area contributed by atoms with Gasteiger partial charge in [0, 0.05) is 12.0 Å². The fourth-order valence-electron chi connectivity index (χ4n) is 1.41. The van der Waals surface area contributed by atoms with Gasteiger partial charge in [0.15, 0.2) is 5.78 Å². The zero-order valence-electron chi connectivity index (χ0n) is 9.27. The number of carboxylic acid groups (broad SMARTS) is 2. The van der Waals surface area contributed by atoms with Crippen LogP contribution in [0.5, 0.6) is 0 Å². The van der Waals surface area contributed by atoms with E-state index in [4.69, 9.17) is 10.2 Å². The third-order valence-corrected chi connectivity index (χ3v) is 2.23. The van der Waals surface area contributed by atoms with Gasteiger partial charge >= 0.3 is 11.9 Å². The topological polar surface area (TPSA) is 91.7 Å². The maximum atomic E-state index is 11.6. The number of carbonyl (C=O) groups is 3. The molecule has 0 aromatic heterocycles. The first-order valence-electron chi connectivity index (χ1n) is 5.10. The molecule has 0 saturated heterocycles. The van der Waals surface area contributed by atoms with Crippen molar-refractivity contribution < 1.29 is 24.6 Å². The molecule has 0 spiro atoms. The molecule has 1 rings (SSSR count). The number of rotatable bonds is 5. The molecule has 0 aliphatic heterocycles. The summed E-state index contributed by atoms with van der Waals surface area (Å²) in [5, 5.41) is 17.6. The van der Waals surface area contributed by atoms with Crippen molar-refractivity contribution in [3.05, 3.63) is 34.9 Å². The number of benzene rings is 1. The predicted octanol–water partition coefficient (Wildman–Crippen LogP) is 2.07. The molecule has 0 radical (unpaired) electrons. The van der Waals surface area contributed by atoms with Crippen LogP contribution in [-0.4, -0.2) is 27.9 Å². The zero-order chi connectivity index (χ0) is 13.0. The van der Waals surface area contributed by atoms with Crippen LogP contribution >= 0.6 is 0 Å². The van der Waals surface area contributed by atoms with Gasteiger partial charge in [0.05, 0.1) is 11.1 Å². The number of aromatic carboxylic acids is 2. The number of carbonyl (C=O) groups excluding carboxylic acids is 1. The molecule has 0 heterocycles. The van der Waals surface area contributed by atoms with Gasteiger partial charge in [0.25, 0.3) is 0 Å². The minimum atomic E-state index is -1.25. The van der Waals surface area contributed by atoms with Crippen molar-refractivity contribution in [3.63, 3.8) is 0 Å². The van der Waals surface area contributed by atoms with Gasteiger partial charge in [-0.15, -0.1) is 0 Å². The largest absolute Gasteiger partial charge is 0.478 e. The average Bonchev–Trinajstić information content (AvgIpc) is 2.28. The van der Waals surface area contributed by atoms with E-state index in [9.17, 15) is 14.4 Å². The van der Waals surface area contributed by atoms with Crippen LogP contribution in [0.15, 0.2) is 18.2 Å². The van der Waals surface area contributed by atoms with Crippen LogP contribution in [0.25, 0.3) is 0 Å². The van der Waals surface area contributed by atoms with Crippen molar-refractivity contribution in [2.24, 2.45) is 0 Å². The maximum absolute atomic E-state index is 11.6. The molecule has 5 heteroatoms. The molecule has 1 aromatic rings. The molecule has 0 bridgehead atoms. The second-order valence-corrected chi connectivity index (χ2v) is 3.58. The van der Waals surface area contributed by atoms with E-state index in [1.807, 2.05) is 6.92 Å². The lowest BCUT2D eigenvalue weighted by molar-refractivity contribution is 0.0696. The number of ketones is 1. The van der Waals surface area contributed by atoms with Gasteiger partial charge in [-0.25, -0.2) is 9.59 Å². The summed E-state index contributed by atoms with van der Waals surface area (Å²) in [6, 6.07) is 3.44. The summed E-state index contributed by atoms with van der Waals surface area (Å²) < 4.78 is 0. The lowest BCUT2D eigenvalue weighted by Crippen LogP contribution is -2.07. The van der Waals surface area contributed by atoms with E-state index in [-0.39, 0.29) is 28.9 Å². The van der Waals surface area contributed by atoms with Gasteiger partial charge in [-0.05, 0) is 24.6 Å². The highest BCUT2D eigenvalue weighted by Gasteiger charge is 2.14. The fraction of sp³-hybridized carbons (Fsp3) is 0.250. The van der Waals surface area contributed by atoms with Gasteiger partial charge in [0.2, 0.25) is 0 Å². The summed E-state index contributed by atoms with van der Waals surface area (Å²) in [4.78, 5) is 33.2. The minimum Gasteiger partial charge on any atom is -0.478 e. The van der Waals surface area contributed by atoms with Gasteiger partial charge in [-0.1, -0.05) is 6.92 Å². The van der Waals surface area contributed by atoms with Gasteiger partial charge in [-0.3, -0.25) is 4.79 Å². The summed E-state index contributed by atoms with van der Waals surface area (Å²) in [6.45, 7) is 1.82. The van der Waals surface area contributed by atoms with E-state index in [0.29, 0.717) is 6.42 Å². The Hall–Kier alpha value is -2.17. The van der Waals surface area contributed by atoms with Crippen LogP contribution in [0.1, 0.15) is 50.8 Å². The molecule has 0 amide bonds. The van der Waals surface area contributed by atoms with Gasteiger partial charge in [-0.2, -0.15) is 0 Å². The van der Waals surface area contributed by atoms with E-state index >= 15 is 0 Å². The maximum Gasteiger partial charge on any atom is 0.335 e. The molecule has 0 unspecified atom stereocenters. The third-order valence-electron chi connectivity index (χ3n) is 2.23. The molecule has 0 aliphatic rings. The smallest absolute Gasteiger partial charge is 0.335 e. The fourth-order valence-corrected chi connectivity index (χ4v) is 1.41. The predicted molar refractivity (Wildman–Crippen MR) is 59.6 cm³/mol. The number of hydrogen-bond donors (Lipinski definition) is 2. The molecule has 5 nitrogen and oxygen atoms in total. The van der Waals surface area contributed by atoms with Crippen LogP contribution in [0, 0.1) is 0 Å². The highest BCUT2D eigenvalue weighted by atomic mass is 16.4. The minimum absolute atomic E-state index is 0.129. The Morgan fingerprint density at radius 1 is 0.941 bits per heavy atom. The average molecular weight is 236 g/mol. The van der Waals surface area contributed by atoms with E-state index in [1.165, 1.54) is 12.1 Å².